The molecular formula is C19H13BCl2F2FeO2. The van der Waals surface area contributed by atoms with E-state index >= 15 is 0 Å². The predicted octanol–water partition coefficient (Wildman–Crippen LogP) is 5.45. The summed E-state index contributed by atoms with van der Waals surface area (Å²) in [5.41, 5.74) is 0.698. The van der Waals surface area contributed by atoms with Crippen LogP contribution in [0.5, 0.6) is 5.75 Å². The van der Waals surface area contributed by atoms with E-state index in [-0.39, 0.29) is 38.4 Å². The zero-order valence-corrected chi connectivity index (χ0v) is 16.4. The van der Waals surface area contributed by atoms with Crippen LogP contribution in [-0.2, 0) is 17.1 Å². The van der Waals surface area contributed by atoms with Gasteiger partial charge >= 0.3 is 24.5 Å². The molecule has 0 saturated heterocycles. The minimum absolute atomic E-state index is 0. The molecule has 0 heterocycles. The van der Waals surface area contributed by atoms with Crippen molar-refractivity contribution < 1.29 is 35.5 Å². The van der Waals surface area contributed by atoms with E-state index in [2.05, 4.69) is 4.65 Å². The maximum Gasteiger partial charge on any atom is 2.00 e. The Kier molecular flexibility index (Phi) is 10.1. The van der Waals surface area contributed by atoms with Gasteiger partial charge in [0.05, 0.1) is 5.02 Å². The standard InChI is InChI=1S/C14H9BCl2F2O2.C5H5.Fe/c16-10-7-11(14(12(17)8-10)21-15(18)19)13(20)6-5-9-3-1-2-4-9;1-2-4-5-3-1;/h1-8,20H;1-5H;/q;-1;+2/p-1/b13-6-;;. The Morgan fingerprint density at radius 2 is 1.74 bits per heavy atom. The van der Waals surface area contributed by atoms with Crippen LogP contribution < -0.4 is 9.76 Å². The molecule has 3 rings (SSSR count). The molecule has 0 spiro atoms. The van der Waals surface area contributed by atoms with E-state index in [0.29, 0.717) is 0 Å². The molecule has 1 aliphatic carbocycles. The van der Waals surface area contributed by atoms with Crippen molar-refractivity contribution in [3.05, 3.63) is 100 Å². The first-order valence-electron chi connectivity index (χ1n) is 7.52. The van der Waals surface area contributed by atoms with Crippen molar-refractivity contribution in [2.45, 2.75) is 0 Å². The summed E-state index contributed by atoms with van der Waals surface area (Å²) in [6.07, 6.45) is 10.0. The number of halogens is 4. The minimum Gasteiger partial charge on any atom is -0.872 e. The van der Waals surface area contributed by atoms with Crippen molar-refractivity contribution in [2.24, 2.45) is 0 Å². The number of hydrogen-bond donors (Lipinski definition) is 0. The average molecular weight is 449 g/mol. The molecule has 0 saturated carbocycles. The first-order chi connectivity index (χ1) is 12.5. The Balaban J connectivity index is 0.000000526. The molecule has 0 fully saturated rings. The van der Waals surface area contributed by atoms with Gasteiger partial charge < -0.3 is 9.76 Å². The van der Waals surface area contributed by atoms with Crippen molar-refractivity contribution in [1.82, 2.24) is 0 Å². The number of hydrogen-bond acceptors (Lipinski definition) is 2. The van der Waals surface area contributed by atoms with Gasteiger partial charge in [0.15, 0.2) is 0 Å². The van der Waals surface area contributed by atoms with Gasteiger partial charge in [0.2, 0.25) is 0 Å². The fraction of sp³-hybridized carbons (Fsp3) is 0. The maximum atomic E-state index is 12.4. The Bertz CT molecular complexity index is 816. The second kappa shape index (κ2) is 11.8. The number of allylic oxidation sites excluding steroid dienone is 7. The number of rotatable bonds is 4. The van der Waals surface area contributed by atoms with Gasteiger partial charge in [-0.05, 0) is 17.7 Å². The van der Waals surface area contributed by atoms with Gasteiger partial charge in [0.25, 0.3) is 0 Å². The molecule has 140 valence electrons. The van der Waals surface area contributed by atoms with E-state index in [9.17, 15) is 13.7 Å². The molecular weight excluding hydrogens is 436 g/mol. The molecule has 2 aromatic carbocycles. The van der Waals surface area contributed by atoms with Crippen LogP contribution in [0.1, 0.15) is 5.56 Å². The molecule has 27 heavy (non-hydrogen) atoms. The Labute approximate surface area is 177 Å². The van der Waals surface area contributed by atoms with Crippen LogP contribution >= 0.6 is 23.2 Å². The zero-order chi connectivity index (χ0) is 18.9. The van der Waals surface area contributed by atoms with Gasteiger partial charge in [0.1, 0.15) is 5.75 Å². The average Bonchev–Trinajstić information content (AvgIpc) is 3.30. The monoisotopic (exact) mass is 448 g/mol. The van der Waals surface area contributed by atoms with Gasteiger partial charge in [0, 0.05) is 10.6 Å². The van der Waals surface area contributed by atoms with Gasteiger partial charge in [-0.1, -0.05) is 65.4 Å². The van der Waals surface area contributed by atoms with E-state index < -0.39 is 13.2 Å². The van der Waals surface area contributed by atoms with E-state index in [1.54, 1.807) is 18.2 Å². The summed E-state index contributed by atoms with van der Waals surface area (Å²) in [4.78, 5) is 0. The smallest absolute Gasteiger partial charge is 0.872 e. The third kappa shape index (κ3) is 7.73. The van der Waals surface area contributed by atoms with Crippen LogP contribution in [-0.4, -0.2) is 7.47 Å². The second-order valence-corrected chi connectivity index (χ2v) is 5.86. The fourth-order valence-electron chi connectivity index (χ4n) is 2.03. The summed E-state index contributed by atoms with van der Waals surface area (Å²) in [6, 6.07) is 12.5. The van der Waals surface area contributed by atoms with Crippen molar-refractivity contribution in [3.63, 3.8) is 0 Å². The first kappa shape index (κ1) is 23.2. The molecule has 0 amide bonds. The molecule has 0 N–H and O–H groups in total. The molecule has 0 radical (unpaired) electrons. The molecule has 1 aliphatic rings. The minimum atomic E-state index is -3.09. The van der Waals surface area contributed by atoms with Crippen LogP contribution in [0.25, 0.3) is 5.76 Å². The zero-order valence-electron chi connectivity index (χ0n) is 13.8. The van der Waals surface area contributed by atoms with Crippen LogP contribution in [0.4, 0.5) is 8.63 Å². The molecule has 0 unspecified atom stereocenters. The quantitative estimate of drug-likeness (QED) is 0.354. The van der Waals surface area contributed by atoms with E-state index in [1.807, 2.05) is 42.5 Å². The molecule has 0 aliphatic heterocycles. The second-order valence-electron chi connectivity index (χ2n) is 5.02. The predicted molar refractivity (Wildman–Crippen MR) is 101 cm³/mol. The van der Waals surface area contributed by atoms with Crippen LogP contribution in [0.15, 0.2) is 84.5 Å². The third-order valence-corrected chi connectivity index (χ3v) is 3.65. The molecule has 0 bridgehead atoms. The molecule has 0 aromatic heterocycles. The third-order valence-electron chi connectivity index (χ3n) is 3.15. The molecule has 2 nitrogen and oxygen atoms in total. The molecule has 8 heteroatoms. The number of benzene rings is 1. The van der Waals surface area contributed by atoms with Crippen LogP contribution in [0, 0.1) is 0 Å². The fourth-order valence-corrected chi connectivity index (χ4v) is 2.57. The SMILES string of the molecule is [Fe+2].[O-]/C(=C\C=C1C=CC=C1)c1cc(Cl)cc(Cl)c1OB(F)F.c1cc[cH-]c1. The summed E-state index contributed by atoms with van der Waals surface area (Å²) in [5, 5.41) is 12.1. The van der Waals surface area contributed by atoms with Crippen molar-refractivity contribution in [2.75, 3.05) is 0 Å². The normalized spacial score (nSPS) is 12.1. The van der Waals surface area contributed by atoms with Crippen LogP contribution in [0.3, 0.4) is 0 Å². The Morgan fingerprint density at radius 3 is 2.26 bits per heavy atom. The van der Waals surface area contributed by atoms with E-state index in [4.69, 9.17) is 23.2 Å². The molecule has 2 aromatic rings. The van der Waals surface area contributed by atoms with E-state index in [1.165, 1.54) is 18.2 Å². The molecule has 0 atom stereocenters. The van der Waals surface area contributed by atoms with Gasteiger partial charge in [-0.2, -0.15) is 18.2 Å². The van der Waals surface area contributed by atoms with Crippen molar-refractivity contribution in [1.29, 1.82) is 0 Å². The van der Waals surface area contributed by atoms with Crippen molar-refractivity contribution in [3.8, 4) is 5.75 Å². The van der Waals surface area contributed by atoms with Gasteiger partial charge in [-0.15, -0.1) is 0 Å². The largest absolute Gasteiger partial charge is 2.00 e. The Morgan fingerprint density at radius 1 is 1.11 bits per heavy atom. The van der Waals surface area contributed by atoms with E-state index in [0.717, 1.165) is 5.57 Å². The Hall–Kier alpha value is -1.85. The van der Waals surface area contributed by atoms with Crippen molar-refractivity contribution >= 4 is 36.4 Å². The summed E-state index contributed by atoms with van der Waals surface area (Å²) in [5.74, 6) is -0.913. The first-order valence-corrected chi connectivity index (χ1v) is 8.27. The van der Waals surface area contributed by atoms with Crippen LogP contribution in [0.2, 0.25) is 10.0 Å². The summed E-state index contributed by atoms with van der Waals surface area (Å²) < 4.78 is 29.1. The summed E-state index contributed by atoms with van der Waals surface area (Å²) in [6.45, 7) is 0. The maximum absolute atomic E-state index is 12.4. The topological polar surface area (TPSA) is 32.3 Å². The summed E-state index contributed by atoms with van der Waals surface area (Å²) >= 11 is 11.6. The summed E-state index contributed by atoms with van der Waals surface area (Å²) in [7, 11) is -3.09. The van der Waals surface area contributed by atoms with Gasteiger partial charge in [-0.25, -0.2) is 20.8 Å². The van der Waals surface area contributed by atoms with Gasteiger partial charge in [-0.3, -0.25) is 0 Å².